The van der Waals surface area contributed by atoms with E-state index in [9.17, 15) is 4.79 Å². The molecule has 0 unspecified atom stereocenters. The van der Waals surface area contributed by atoms with Crippen LogP contribution in [-0.2, 0) is 4.79 Å². The fourth-order valence-electron chi connectivity index (χ4n) is 1.76. The predicted octanol–water partition coefficient (Wildman–Crippen LogP) is 3.44. The van der Waals surface area contributed by atoms with Crippen LogP contribution in [0.4, 0.5) is 0 Å². The fraction of sp³-hybridized carbons (Fsp3) is 0.533. The molecule has 0 aliphatic heterocycles. The molecule has 1 aromatic rings. The van der Waals surface area contributed by atoms with Gasteiger partial charge in [0.05, 0.1) is 5.02 Å². The van der Waals surface area contributed by atoms with Gasteiger partial charge in [0.25, 0.3) is 0 Å². The van der Waals surface area contributed by atoms with Crippen molar-refractivity contribution in [2.24, 2.45) is 0 Å². The first-order chi connectivity index (χ1) is 9.65. The number of aliphatic hydroxyl groups is 1. The summed E-state index contributed by atoms with van der Waals surface area (Å²) >= 11 is 7.68. The van der Waals surface area contributed by atoms with Crippen LogP contribution in [0.1, 0.15) is 25.7 Å². The molecule has 0 radical (unpaired) electrons. The monoisotopic (exact) mass is 315 g/mol. The Labute approximate surface area is 130 Å². The Hall–Kier alpha value is -0.710. The van der Waals surface area contributed by atoms with Crippen molar-refractivity contribution in [3.05, 3.63) is 29.3 Å². The average Bonchev–Trinajstić information content (AvgIpc) is 2.45. The number of aliphatic hydroxyl groups excluding tert-OH is 1. The Balaban J connectivity index is 2.21. The summed E-state index contributed by atoms with van der Waals surface area (Å²) < 4.78 is 0. The maximum atomic E-state index is 11.9. The molecule has 0 saturated heterocycles. The molecule has 1 aromatic carbocycles. The Kier molecular flexibility index (Phi) is 8.74. The molecule has 1 rings (SSSR count). The van der Waals surface area contributed by atoms with Crippen molar-refractivity contribution in [3.63, 3.8) is 0 Å². The number of nitrogens with zero attached hydrogens (tertiary/aromatic N) is 1. The van der Waals surface area contributed by atoms with Crippen molar-refractivity contribution in [2.75, 3.05) is 26.0 Å². The standard InChI is InChI=1S/C15H22ClNO2S/c1-17(10-5-2-6-11-18)15(19)9-12-20-14-8-4-3-7-13(14)16/h3-4,7-8,18H,2,5-6,9-12H2,1H3. The van der Waals surface area contributed by atoms with Crippen LogP contribution < -0.4 is 0 Å². The molecule has 3 nitrogen and oxygen atoms in total. The summed E-state index contributed by atoms with van der Waals surface area (Å²) in [6.07, 6.45) is 3.24. The number of thioether (sulfide) groups is 1. The quantitative estimate of drug-likeness (QED) is 0.560. The van der Waals surface area contributed by atoms with E-state index in [2.05, 4.69) is 0 Å². The third-order valence-electron chi connectivity index (χ3n) is 2.99. The minimum absolute atomic E-state index is 0.161. The van der Waals surface area contributed by atoms with Gasteiger partial charge in [-0.2, -0.15) is 0 Å². The highest BCUT2D eigenvalue weighted by molar-refractivity contribution is 7.99. The molecule has 0 aliphatic carbocycles. The summed E-state index contributed by atoms with van der Waals surface area (Å²) in [5.41, 5.74) is 0. The van der Waals surface area contributed by atoms with Crippen molar-refractivity contribution in [2.45, 2.75) is 30.6 Å². The normalized spacial score (nSPS) is 10.6. The largest absolute Gasteiger partial charge is 0.396 e. The zero-order valence-electron chi connectivity index (χ0n) is 11.8. The number of benzene rings is 1. The van der Waals surface area contributed by atoms with Gasteiger partial charge in [-0.15, -0.1) is 11.8 Å². The van der Waals surface area contributed by atoms with Gasteiger partial charge in [0.15, 0.2) is 0 Å². The molecule has 0 atom stereocenters. The number of hydrogen-bond acceptors (Lipinski definition) is 3. The van der Waals surface area contributed by atoms with Gasteiger partial charge in [0, 0.05) is 37.3 Å². The van der Waals surface area contributed by atoms with Gasteiger partial charge in [-0.05, 0) is 31.4 Å². The van der Waals surface area contributed by atoms with Crippen LogP contribution in [0.2, 0.25) is 5.02 Å². The van der Waals surface area contributed by atoms with Crippen LogP contribution in [0, 0.1) is 0 Å². The molecule has 5 heteroatoms. The minimum atomic E-state index is 0.161. The summed E-state index contributed by atoms with van der Waals surface area (Å²) in [4.78, 5) is 14.7. The summed E-state index contributed by atoms with van der Waals surface area (Å²) in [6, 6.07) is 7.68. The van der Waals surface area contributed by atoms with E-state index in [0.29, 0.717) is 6.42 Å². The maximum absolute atomic E-state index is 11.9. The van der Waals surface area contributed by atoms with Crippen LogP contribution in [0.15, 0.2) is 29.2 Å². The first kappa shape index (κ1) is 17.3. The lowest BCUT2D eigenvalue weighted by atomic mass is 10.2. The zero-order chi connectivity index (χ0) is 14.8. The van der Waals surface area contributed by atoms with Gasteiger partial charge < -0.3 is 10.0 Å². The molecular weight excluding hydrogens is 294 g/mol. The number of rotatable bonds is 9. The molecule has 1 N–H and O–H groups in total. The first-order valence-corrected chi connectivity index (χ1v) is 8.23. The lowest BCUT2D eigenvalue weighted by Gasteiger charge is -2.16. The minimum Gasteiger partial charge on any atom is -0.396 e. The third kappa shape index (κ3) is 6.64. The van der Waals surface area contributed by atoms with Crippen molar-refractivity contribution in [1.82, 2.24) is 4.90 Å². The highest BCUT2D eigenvalue weighted by atomic mass is 35.5. The first-order valence-electron chi connectivity index (χ1n) is 6.87. The molecule has 0 aliphatic rings. The molecule has 0 spiro atoms. The second kappa shape index (κ2) is 10.1. The van der Waals surface area contributed by atoms with Gasteiger partial charge in [0.2, 0.25) is 5.91 Å². The molecule has 112 valence electrons. The third-order valence-corrected chi connectivity index (χ3v) is 4.50. The van der Waals surface area contributed by atoms with E-state index in [4.69, 9.17) is 16.7 Å². The highest BCUT2D eigenvalue weighted by Crippen LogP contribution is 2.26. The van der Waals surface area contributed by atoms with E-state index < -0.39 is 0 Å². The highest BCUT2D eigenvalue weighted by Gasteiger charge is 2.08. The fourth-order valence-corrected chi connectivity index (χ4v) is 2.94. The van der Waals surface area contributed by atoms with E-state index in [1.54, 1.807) is 16.7 Å². The van der Waals surface area contributed by atoms with Gasteiger partial charge in [-0.1, -0.05) is 23.7 Å². The Morgan fingerprint density at radius 2 is 2.05 bits per heavy atom. The van der Waals surface area contributed by atoms with E-state index >= 15 is 0 Å². The molecule has 0 saturated carbocycles. The van der Waals surface area contributed by atoms with E-state index in [-0.39, 0.29) is 12.5 Å². The molecule has 20 heavy (non-hydrogen) atoms. The van der Waals surface area contributed by atoms with Gasteiger partial charge in [0.1, 0.15) is 0 Å². The lowest BCUT2D eigenvalue weighted by Crippen LogP contribution is -2.27. The van der Waals surface area contributed by atoms with Crippen molar-refractivity contribution < 1.29 is 9.90 Å². The molecule has 0 bridgehead atoms. The van der Waals surface area contributed by atoms with E-state index in [1.807, 2.05) is 31.3 Å². The number of amides is 1. The van der Waals surface area contributed by atoms with E-state index in [1.165, 1.54) is 0 Å². The van der Waals surface area contributed by atoms with Crippen LogP contribution >= 0.6 is 23.4 Å². The number of halogens is 1. The predicted molar refractivity (Wildman–Crippen MR) is 85.4 cm³/mol. The number of unbranched alkanes of at least 4 members (excludes halogenated alkanes) is 2. The molecule has 0 heterocycles. The molecular formula is C15H22ClNO2S. The number of hydrogen-bond donors (Lipinski definition) is 1. The number of carbonyl (C=O) groups is 1. The summed E-state index contributed by atoms with van der Waals surface area (Å²) in [6.45, 7) is 0.988. The summed E-state index contributed by atoms with van der Waals surface area (Å²) in [5.74, 6) is 0.900. The molecule has 0 fully saturated rings. The summed E-state index contributed by atoms with van der Waals surface area (Å²) in [7, 11) is 1.83. The van der Waals surface area contributed by atoms with Gasteiger partial charge in [-0.25, -0.2) is 0 Å². The topological polar surface area (TPSA) is 40.5 Å². The molecule has 1 amide bonds. The maximum Gasteiger partial charge on any atom is 0.223 e. The van der Waals surface area contributed by atoms with Crippen LogP contribution in [0.3, 0.4) is 0 Å². The van der Waals surface area contributed by atoms with Gasteiger partial charge in [-0.3, -0.25) is 4.79 Å². The van der Waals surface area contributed by atoms with E-state index in [0.717, 1.165) is 41.5 Å². The zero-order valence-corrected chi connectivity index (χ0v) is 13.4. The van der Waals surface area contributed by atoms with Crippen molar-refractivity contribution >= 4 is 29.3 Å². The Morgan fingerprint density at radius 1 is 1.30 bits per heavy atom. The second-order valence-corrected chi connectivity index (χ2v) is 6.17. The Bertz CT molecular complexity index is 415. The van der Waals surface area contributed by atoms with Crippen LogP contribution in [0.25, 0.3) is 0 Å². The average molecular weight is 316 g/mol. The SMILES string of the molecule is CN(CCCCCO)C(=O)CCSc1ccccc1Cl. The number of carbonyl (C=O) groups excluding carboxylic acids is 1. The second-order valence-electron chi connectivity index (χ2n) is 4.63. The van der Waals surface area contributed by atoms with Crippen molar-refractivity contribution in [3.8, 4) is 0 Å². The van der Waals surface area contributed by atoms with Crippen LogP contribution in [-0.4, -0.2) is 41.9 Å². The van der Waals surface area contributed by atoms with Gasteiger partial charge >= 0.3 is 0 Å². The lowest BCUT2D eigenvalue weighted by molar-refractivity contribution is -0.129. The van der Waals surface area contributed by atoms with Crippen LogP contribution in [0.5, 0.6) is 0 Å². The van der Waals surface area contributed by atoms with Crippen molar-refractivity contribution in [1.29, 1.82) is 0 Å². The summed E-state index contributed by atoms with van der Waals surface area (Å²) in [5, 5.41) is 9.43. The molecule has 0 aromatic heterocycles. The Morgan fingerprint density at radius 3 is 2.75 bits per heavy atom. The smallest absolute Gasteiger partial charge is 0.223 e.